The van der Waals surface area contributed by atoms with Crippen LogP contribution in [0.2, 0.25) is 0 Å². The minimum atomic E-state index is 0.0300. The minimum absolute atomic E-state index is 0.0300. The van der Waals surface area contributed by atoms with Gasteiger partial charge < -0.3 is 15.1 Å². The Morgan fingerprint density at radius 1 is 1.11 bits per heavy atom. The van der Waals surface area contributed by atoms with E-state index >= 15 is 0 Å². The summed E-state index contributed by atoms with van der Waals surface area (Å²) < 4.78 is 0. The fourth-order valence-electron chi connectivity index (χ4n) is 3.51. The van der Waals surface area contributed by atoms with Gasteiger partial charge in [0.05, 0.1) is 0 Å². The van der Waals surface area contributed by atoms with Crippen molar-refractivity contribution in [2.24, 2.45) is 5.92 Å². The first-order chi connectivity index (χ1) is 13.1. The molecule has 5 nitrogen and oxygen atoms in total. The number of piperidine rings is 1. The third-order valence-electron chi connectivity index (χ3n) is 5.33. The van der Waals surface area contributed by atoms with E-state index in [-0.39, 0.29) is 5.91 Å². The number of likely N-dealkylation sites (tertiary alicyclic amines) is 1. The van der Waals surface area contributed by atoms with Crippen LogP contribution in [0.15, 0.2) is 42.6 Å². The van der Waals surface area contributed by atoms with Gasteiger partial charge in [0.25, 0.3) is 5.91 Å². The van der Waals surface area contributed by atoms with Gasteiger partial charge in [-0.05, 0) is 69.0 Å². The van der Waals surface area contributed by atoms with Gasteiger partial charge in [0.1, 0.15) is 5.69 Å². The van der Waals surface area contributed by atoms with E-state index in [0.29, 0.717) is 11.6 Å². The van der Waals surface area contributed by atoms with Crippen molar-refractivity contribution in [2.75, 3.05) is 36.4 Å². The van der Waals surface area contributed by atoms with Gasteiger partial charge in [-0.2, -0.15) is 0 Å². The Hall–Kier alpha value is -2.56. The summed E-state index contributed by atoms with van der Waals surface area (Å²) in [5.74, 6) is 0.733. The number of rotatable bonds is 6. The standard InChI is InChI=1S/C22H30N4O/c1-4-25(5-2)20-8-6-18(7-9-20)24-19-10-13-23-21(16-19)22(27)26-14-11-17(3)12-15-26/h6-10,13,16-17H,4-5,11-12,14-15H2,1-3H3,(H,23,24). The van der Waals surface area contributed by atoms with Crippen LogP contribution >= 0.6 is 0 Å². The van der Waals surface area contributed by atoms with Crippen molar-refractivity contribution >= 4 is 23.0 Å². The first kappa shape index (κ1) is 19.2. The third-order valence-corrected chi connectivity index (χ3v) is 5.33. The predicted molar refractivity (Wildman–Crippen MR) is 112 cm³/mol. The van der Waals surface area contributed by atoms with Gasteiger partial charge in [0, 0.05) is 49.4 Å². The van der Waals surface area contributed by atoms with E-state index < -0.39 is 0 Å². The summed E-state index contributed by atoms with van der Waals surface area (Å²) in [6.45, 7) is 10.2. The maximum atomic E-state index is 12.7. The zero-order chi connectivity index (χ0) is 19.2. The highest BCUT2D eigenvalue weighted by atomic mass is 16.2. The van der Waals surface area contributed by atoms with E-state index in [1.807, 2.05) is 17.0 Å². The zero-order valence-corrected chi connectivity index (χ0v) is 16.6. The quantitative estimate of drug-likeness (QED) is 0.815. The normalized spacial score (nSPS) is 14.9. The molecule has 0 saturated carbocycles. The fourth-order valence-corrected chi connectivity index (χ4v) is 3.51. The molecule has 0 aliphatic carbocycles. The lowest BCUT2D eigenvalue weighted by atomic mass is 9.99. The molecule has 1 N–H and O–H groups in total. The molecule has 27 heavy (non-hydrogen) atoms. The Morgan fingerprint density at radius 2 is 1.78 bits per heavy atom. The van der Waals surface area contributed by atoms with Gasteiger partial charge in [0.2, 0.25) is 0 Å². The predicted octanol–water partition coefficient (Wildman–Crippen LogP) is 4.54. The van der Waals surface area contributed by atoms with Crippen LogP contribution in [0.3, 0.4) is 0 Å². The largest absolute Gasteiger partial charge is 0.372 e. The summed E-state index contributed by atoms with van der Waals surface area (Å²) in [4.78, 5) is 21.3. The van der Waals surface area contributed by atoms with E-state index in [4.69, 9.17) is 0 Å². The number of carbonyl (C=O) groups is 1. The molecule has 2 heterocycles. The number of nitrogens with zero attached hydrogens (tertiary/aromatic N) is 3. The summed E-state index contributed by atoms with van der Waals surface area (Å²) in [5, 5.41) is 3.38. The highest BCUT2D eigenvalue weighted by Gasteiger charge is 2.22. The number of pyridine rings is 1. The first-order valence-electron chi connectivity index (χ1n) is 9.98. The number of hydrogen-bond donors (Lipinski definition) is 1. The lowest BCUT2D eigenvalue weighted by Gasteiger charge is -2.30. The Kier molecular flexibility index (Phi) is 6.32. The van der Waals surface area contributed by atoms with Crippen molar-refractivity contribution in [3.8, 4) is 0 Å². The molecule has 5 heteroatoms. The van der Waals surface area contributed by atoms with E-state index in [0.717, 1.165) is 50.4 Å². The van der Waals surface area contributed by atoms with Crippen LogP contribution in [0.25, 0.3) is 0 Å². The molecular formula is C22H30N4O. The molecule has 0 unspecified atom stereocenters. The molecule has 0 radical (unpaired) electrons. The fraction of sp³-hybridized carbons (Fsp3) is 0.455. The van der Waals surface area contributed by atoms with Crippen LogP contribution in [0, 0.1) is 5.92 Å². The highest BCUT2D eigenvalue weighted by molar-refractivity contribution is 5.93. The lowest BCUT2D eigenvalue weighted by Crippen LogP contribution is -2.38. The van der Waals surface area contributed by atoms with Crippen LogP contribution < -0.4 is 10.2 Å². The lowest BCUT2D eigenvalue weighted by molar-refractivity contribution is 0.0691. The molecule has 1 fully saturated rings. The molecule has 1 aliphatic rings. The summed E-state index contributed by atoms with van der Waals surface area (Å²) in [5.41, 5.74) is 3.61. The molecule has 0 spiro atoms. The van der Waals surface area contributed by atoms with Crippen LogP contribution in [-0.4, -0.2) is 42.0 Å². The number of carbonyl (C=O) groups excluding carboxylic acids is 1. The topological polar surface area (TPSA) is 48.5 Å². The van der Waals surface area contributed by atoms with Crippen molar-refractivity contribution in [3.05, 3.63) is 48.3 Å². The van der Waals surface area contributed by atoms with Gasteiger partial charge in [-0.15, -0.1) is 0 Å². The molecule has 1 aromatic heterocycles. The summed E-state index contributed by atoms with van der Waals surface area (Å²) >= 11 is 0. The maximum absolute atomic E-state index is 12.7. The Bertz CT molecular complexity index is 747. The van der Waals surface area contributed by atoms with Gasteiger partial charge in [-0.3, -0.25) is 9.78 Å². The minimum Gasteiger partial charge on any atom is -0.372 e. The second kappa shape index (κ2) is 8.89. The summed E-state index contributed by atoms with van der Waals surface area (Å²) in [6, 6.07) is 12.1. The SMILES string of the molecule is CCN(CC)c1ccc(Nc2ccnc(C(=O)N3CCC(C)CC3)c2)cc1. The summed E-state index contributed by atoms with van der Waals surface area (Å²) in [6.07, 6.45) is 3.84. The number of hydrogen-bond acceptors (Lipinski definition) is 4. The highest BCUT2D eigenvalue weighted by Crippen LogP contribution is 2.22. The van der Waals surface area contributed by atoms with E-state index in [1.165, 1.54) is 5.69 Å². The molecule has 3 rings (SSSR count). The first-order valence-corrected chi connectivity index (χ1v) is 9.98. The number of amides is 1. The average Bonchev–Trinajstić information content (AvgIpc) is 2.70. The van der Waals surface area contributed by atoms with E-state index in [1.54, 1.807) is 6.20 Å². The number of nitrogens with one attached hydrogen (secondary N) is 1. The van der Waals surface area contributed by atoms with Crippen molar-refractivity contribution < 1.29 is 4.79 Å². The van der Waals surface area contributed by atoms with Gasteiger partial charge in [0.15, 0.2) is 0 Å². The Labute approximate surface area is 162 Å². The molecule has 144 valence electrons. The van der Waals surface area contributed by atoms with Crippen LogP contribution in [0.5, 0.6) is 0 Å². The van der Waals surface area contributed by atoms with Crippen molar-refractivity contribution in [1.82, 2.24) is 9.88 Å². The number of benzene rings is 1. The monoisotopic (exact) mass is 366 g/mol. The van der Waals surface area contributed by atoms with Crippen molar-refractivity contribution in [3.63, 3.8) is 0 Å². The molecule has 1 aromatic carbocycles. The molecule has 1 saturated heterocycles. The molecule has 0 atom stereocenters. The second-order valence-electron chi connectivity index (χ2n) is 7.25. The molecule has 1 amide bonds. The number of aromatic nitrogens is 1. The second-order valence-corrected chi connectivity index (χ2v) is 7.25. The van der Waals surface area contributed by atoms with Gasteiger partial charge >= 0.3 is 0 Å². The van der Waals surface area contributed by atoms with Crippen molar-refractivity contribution in [1.29, 1.82) is 0 Å². The Balaban J connectivity index is 1.68. The van der Waals surface area contributed by atoms with E-state index in [9.17, 15) is 4.79 Å². The molecule has 1 aliphatic heterocycles. The number of anilines is 3. The Morgan fingerprint density at radius 3 is 2.41 bits per heavy atom. The van der Waals surface area contributed by atoms with Gasteiger partial charge in [-0.25, -0.2) is 0 Å². The van der Waals surface area contributed by atoms with E-state index in [2.05, 4.69) is 60.2 Å². The van der Waals surface area contributed by atoms with Crippen LogP contribution in [0.4, 0.5) is 17.1 Å². The molecular weight excluding hydrogens is 336 g/mol. The van der Waals surface area contributed by atoms with Gasteiger partial charge in [-0.1, -0.05) is 6.92 Å². The zero-order valence-electron chi connectivity index (χ0n) is 16.6. The van der Waals surface area contributed by atoms with Crippen LogP contribution in [-0.2, 0) is 0 Å². The third kappa shape index (κ3) is 4.79. The van der Waals surface area contributed by atoms with Crippen molar-refractivity contribution in [2.45, 2.75) is 33.6 Å². The maximum Gasteiger partial charge on any atom is 0.272 e. The molecule has 2 aromatic rings. The molecule has 0 bridgehead atoms. The van der Waals surface area contributed by atoms with Crippen LogP contribution in [0.1, 0.15) is 44.1 Å². The average molecular weight is 367 g/mol. The smallest absolute Gasteiger partial charge is 0.272 e. The summed E-state index contributed by atoms with van der Waals surface area (Å²) in [7, 11) is 0.